The van der Waals surface area contributed by atoms with Crippen LogP contribution in [0.1, 0.15) is 24.0 Å². The van der Waals surface area contributed by atoms with E-state index in [9.17, 15) is 0 Å². The van der Waals surface area contributed by atoms with Crippen molar-refractivity contribution in [3.05, 3.63) is 35.4 Å². The van der Waals surface area contributed by atoms with Gasteiger partial charge in [-0.15, -0.1) is 0 Å². The lowest BCUT2D eigenvalue weighted by molar-refractivity contribution is 0.0992. The van der Waals surface area contributed by atoms with Gasteiger partial charge in [-0.25, -0.2) is 0 Å². The summed E-state index contributed by atoms with van der Waals surface area (Å²) < 4.78 is 0. The second kappa shape index (κ2) is 6.70. The van der Waals surface area contributed by atoms with Crippen molar-refractivity contribution in [2.75, 3.05) is 39.8 Å². The summed E-state index contributed by atoms with van der Waals surface area (Å²) in [5.74, 6) is 0. The second-order valence-electron chi connectivity index (χ2n) is 6.19. The summed E-state index contributed by atoms with van der Waals surface area (Å²) in [4.78, 5) is 5.34. The van der Waals surface area contributed by atoms with Crippen LogP contribution in [0.5, 0.6) is 0 Å². The first-order valence-corrected chi connectivity index (χ1v) is 8.04. The van der Waals surface area contributed by atoms with E-state index in [1.54, 1.807) is 0 Å². The van der Waals surface area contributed by atoms with Gasteiger partial charge in [0.05, 0.1) is 0 Å². The summed E-state index contributed by atoms with van der Waals surface area (Å²) >= 11 is 0. The van der Waals surface area contributed by atoms with E-state index >= 15 is 0 Å². The average molecular weight is 273 g/mol. The molecule has 0 bridgehead atoms. The molecule has 0 amide bonds. The molecule has 110 valence electrons. The van der Waals surface area contributed by atoms with Crippen LogP contribution in [0.15, 0.2) is 24.3 Å². The normalized spacial score (nSPS) is 23.9. The van der Waals surface area contributed by atoms with Gasteiger partial charge in [0.15, 0.2) is 0 Å². The van der Waals surface area contributed by atoms with Gasteiger partial charge in [0, 0.05) is 32.2 Å². The topological polar surface area (TPSA) is 18.5 Å². The molecule has 0 aromatic heterocycles. The van der Waals surface area contributed by atoms with Crippen LogP contribution in [-0.4, -0.2) is 55.6 Å². The highest BCUT2D eigenvalue weighted by atomic mass is 15.3. The summed E-state index contributed by atoms with van der Waals surface area (Å²) in [5, 5.41) is 3.26. The Morgan fingerprint density at radius 2 is 2.00 bits per heavy atom. The van der Waals surface area contributed by atoms with Crippen molar-refractivity contribution in [1.29, 1.82) is 0 Å². The van der Waals surface area contributed by atoms with Gasteiger partial charge in [0.25, 0.3) is 0 Å². The van der Waals surface area contributed by atoms with Gasteiger partial charge >= 0.3 is 0 Å². The van der Waals surface area contributed by atoms with Crippen LogP contribution in [0.25, 0.3) is 0 Å². The first-order chi connectivity index (χ1) is 9.86. The molecule has 0 spiro atoms. The van der Waals surface area contributed by atoms with Gasteiger partial charge in [-0.1, -0.05) is 24.3 Å². The van der Waals surface area contributed by atoms with Gasteiger partial charge in [-0.3, -0.25) is 9.80 Å². The molecule has 0 radical (unpaired) electrons. The van der Waals surface area contributed by atoms with Crippen LogP contribution >= 0.6 is 0 Å². The van der Waals surface area contributed by atoms with Crippen molar-refractivity contribution in [1.82, 2.24) is 15.1 Å². The van der Waals surface area contributed by atoms with Crippen LogP contribution in [0.3, 0.4) is 0 Å². The number of rotatable bonds is 5. The lowest BCUT2D eigenvalue weighted by Gasteiger charge is -2.37. The third-order valence-corrected chi connectivity index (χ3v) is 4.83. The van der Waals surface area contributed by atoms with Gasteiger partial charge in [0.2, 0.25) is 0 Å². The van der Waals surface area contributed by atoms with E-state index in [0.29, 0.717) is 0 Å². The molecule has 1 aromatic rings. The third kappa shape index (κ3) is 3.22. The smallest absolute Gasteiger partial charge is 0.0237 e. The predicted molar refractivity (Wildman–Crippen MR) is 83.9 cm³/mol. The van der Waals surface area contributed by atoms with E-state index < -0.39 is 0 Å². The van der Waals surface area contributed by atoms with E-state index in [1.165, 1.54) is 50.1 Å². The SMILES string of the molecule is CNCCc1ccccc1CN1CCN2CCCC2C1. The van der Waals surface area contributed by atoms with Crippen LogP contribution in [-0.2, 0) is 13.0 Å². The van der Waals surface area contributed by atoms with Crippen LogP contribution in [0.4, 0.5) is 0 Å². The Balaban J connectivity index is 1.62. The van der Waals surface area contributed by atoms with Crippen molar-refractivity contribution in [3.8, 4) is 0 Å². The van der Waals surface area contributed by atoms with Crippen molar-refractivity contribution >= 4 is 0 Å². The molecule has 0 saturated carbocycles. The van der Waals surface area contributed by atoms with Crippen molar-refractivity contribution < 1.29 is 0 Å². The number of benzene rings is 1. The number of piperazine rings is 1. The Morgan fingerprint density at radius 1 is 1.15 bits per heavy atom. The molecule has 1 aromatic carbocycles. The Kier molecular flexibility index (Phi) is 4.71. The van der Waals surface area contributed by atoms with Crippen molar-refractivity contribution in [2.45, 2.75) is 31.8 Å². The maximum atomic E-state index is 3.26. The van der Waals surface area contributed by atoms with E-state index in [2.05, 4.69) is 39.4 Å². The zero-order valence-electron chi connectivity index (χ0n) is 12.6. The van der Waals surface area contributed by atoms with Crippen molar-refractivity contribution in [2.24, 2.45) is 0 Å². The number of hydrogen-bond donors (Lipinski definition) is 1. The van der Waals surface area contributed by atoms with Crippen LogP contribution < -0.4 is 5.32 Å². The molecule has 2 fully saturated rings. The Morgan fingerprint density at radius 3 is 2.85 bits per heavy atom. The molecule has 3 rings (SSSR count). The van der Waals surface area contributed by atoms with Gasteiger partial charge in [-0.05, 0) is 50.5 Å². The molecule has 1 atom stereocenters. The molecular formula is C17H27N3. The fourth-order valence-electron chi connectivity index (χ4n) is 3.66. The lowest BCUT2D eigenvalue weighted by atomic mass is 10.0. The van der Waals surface area contributed by atoms with E-state index in [0.717, 1.165) is 25.6 Å². The number of hydrogen-bond acceptors (Lipinski definition) is 3. The minimum Gasteiger partial charge on any atom is -0.319 e. The molecule has 1 N–H and O–H groups in total. The zero-order chi connectivity index (χ0) is 13.8. The Labute approximate surface area is 123 Å². The highest BCUT2D eigenvalue weighted by Crippen LogP contribution is 2.23. The molecule has 20 heavy (non-hydrogen) atoms. The fourth-order valence-corrected chi connectivity index (χ4v) is 3.66. The summed E-state index contributed by atoms with van der Waals surface area (Å²) in [6.07, 6.45) is 3.94. The fraction of sp³-hybridized carbons (Fsp3) is 0.647. The molecule has 2 saturated heterocycles. The van der Waals surface area contributed by atoms with Gasteiger partial charge in [-0.2, -0.15) is 0 Å². The predicted octanol–water partition coefficient (Wildman–Crippen LogP) is 1.73. The minimum absolute atomic E-state index is 0.827. The standard InChI is InChI=1S/C17H27N3/c1-18-9-8-15-5-2-3-6-16(15)13-19-11-12-20-10-4-7-17(20)14-19/h2-3,5-6,17-18H,4,7-14H2,1H3. The average Bonchev–Trinajstić information content (AvgIpc) is 2.94. The molecule has 2 aliphatic rings. The van der Waals surface area contributed by atoms with E-state index in [-0.39, 0.29) is 0 Å². The number of nitrogens with zero attached hydrogens (tertiary/aromatic N) is 2. The summed E-state index contributed by atoms with van der Waals surface area (Å²) in [7, 11) is 2.03. The Hall–Kier alpha value is -0.900. The maximum Gasteiger partial charge on any atom is 0.0237 e. The number of nitrogens with one attached hydrogen (secondary N) is 1. The zero-order valence-corrected chi connectivity index (χ0v) is 12.6. The lowest BCUT2D eigenvalue weighted by Crippen LogP contribution is -2.49. The third-order valence-electron chi connectivity index (χ3n) is 4.83. The molecule has 3 heteroatoms. The quantitative estimate of drug-likeness (QED) is 0.881. The molecule has 2 aliphatic heterocycles. The van der Waals surface area contributed by atoms with E-state index in [4.69, 9.17) is 0 Å². The second-order valence-corrected chi connectivity index (χ2v) is 6.19. The summed E-state index contributed by atoms with van der Waals surface area (Å²) in [5.41, 5.74) is 3.03. The molecule has 3 nitrogen and oxygen atoms in total. The minimum atomic E-state index is 0.827. The monoisotopic (exact) mass is 273 g/mol. The highest BCUT2D eigenvalue weighted by Gasteiger charge is 2.30. The van der Waals surface area contributed by atoms with E-state index in [1.807, 2.05) is 7.05 Å². The molecule has 1 unspecified atom stereocenters. The molecule has 0 aliphatic carbocycles. The largest absolute Gasteiger partial charge is 0.319 e. The van der Waals surface area contributed by atoms with Crippen LogP contribution in [0.2, 0.25) is 0 Å². The van der Waals surface area contributed by atoms with Gasteiger partial charge in [0.1, 0.15) is 0 Å². The number of fused-ring (bicyclic) bond motifs is 1. The first kappa shape index (κ1) is 14.1. The molecular weight excluding hydrogens is 246 g/mol. The maximum absolute atomic E-state index is 3.26. The highest BCUT2D eigenvalue weighted by molar-refractivity contribution is 5.27. The number of likely N-dealkylation sites (N-methyl/N-ethyl adjacent to an activating group) is 1. The van der Waals surface area contributed by atoms with Crippen molar-refractivity contribution in [3.63, 3.8) is 0 Å². The molecule has 2 heterocycles. The Bertz CT molecular complexity index is 432. The summed E-state index contributed by atoms with van der Waals surface area (Å²) in [6, 6.07) is 9.78. The summed E-state index contributed by atoms with van der Waals surface area (Å²) in [6.45, 7) is 7.29. The van der Waals surface area contributed by atoms with Crippen LogP contribution in [0, 0.1) is 0 Å². The first-order valence-electron chi connectivity index (χ1n) is 8.04. The van der Waals surface area contributed by atoms with Gasteiger partial charge < -0.3 is 5.32 Å².